The van der Waals surface area contributed by atoms with Crippen molar-refractivity contribution in [3.63, 3.8) is 0 Å². The van der Waals surface area contributed by atoms with Crippen LogP contribution in [-0.4, -0.2) is 23.9 Å². The second-order valence-electron chi connectivity index (χ2n) is 4.00. The summed E-state index contributed by atoms with van der Waals surface area (Å²) in [5.74, 6) is -0.203. The summed E-state index contributed by atoms with van der Waals surface area (Å²) in [5.41, 5.74) is 2.15. The Morgan fingerprint density at radius 1 is 1.33 bits per heavy atom. The van der Waals surface area contributed by atoms with Crippen LogP contribution in [-0.2, 0) is 4.79 Å². The first-order valence-electron chi connectivity index (χ1n) is 6.10. The number of nitrogens with zero attached hydrogens (tertiary/aromatic N) is 2. The molecule has 0 spiro atoms. The van der Waals surface area contributed by atoms with Crippen LogP contribution in [0.25, 0.3) is 6.08 Å². The first kappa shape index (κ1) is 14.0. The molecular formula is C15H18N2O. The van der Waals surface area contributed by atoms with E-state index in [9.17, 15) is 4.79 Å². The van der Waals surface area contributed by atoms with Crippen LogP contribution in [0.4, 0.5) is 0 Å². The largest absolute Gasteiger partial charge is 0.339 e. The van der Waals surface area contributed by atoms with Gasteiger partial charge in [-0.25, -0.2) is 0 Å². The molecule has 1 rings (SSSR count). The average Bonchev–Trinajstić information content (AvgIpc) is 2.39. The Morgan fingerprint density at radius 2 is 1.94 bits per heavy atom. The zero-order chi connectivity index (χ0) is 13.5. The van der Waals surface area contributed by atoms with Crippen LogP contribution in [0.3, 0.4) is 0 Å². The van der Waals surface area contributed by atoms with Crippen molar-refractivity contribution >= 4 is 12.0 Å². The number of hydrogen-bond acceptors (Lipinski definition) is 2. The first-order valence-corrected chi connectivity index (χ1v) is 6.10. The van der Waals surface area contributed by atoms with E-state index in [1.165, 1.54) is 0 Å². The molecule has 3 heteroatoms. The Labute approximate surface area is 108 Å². The van der Waals surface area contributed by atoms with E-state index in [-0.39, 0.29) is 11.5 Å². The van der Waals surface area contributed by atoms with Gasteiger partial charge in [-0.05, 0) is 38.0 Å². The highest BCUT2D eigenvalue weighted by molar-refractivity contribution is 6.01. The molecule has 0 saturated heterocycles. The maximum Gasteiger partial charge on any atom is 0.264 e. The molecule has 1 aromatic carbocycles. The van der Waals surface area contributed by atoms with Gasteiger partial charge in [0.2, 0.25) is 0 Å². The molecule has 0 atom stereocenters. The number of benzene rings is 1. The highest BCUT2D eigenvalue weighted by atomic mass is 16.2. The molecule has 0 heterocycles. The Kier molecular flexibility index (Phi) is 5.13. The zero-order valence-electron chi connectivity index (χ0n) is 11.1. The number of likely N-dealkylation sites (N-methyl/N-ethyl adjacent to an activating group) is 1. The molecule has 3 nitrogen and oxygen atoms in total. The van der Waals surface area contributed by atoms with E-state index in [2.05, 4.69) is 0 Å². The van der Waals surface area contributed by atoms with Crippen LogP contribution in [0.15, 0.2) is 29.8 Å². The summed E-state index contributed by atoms with van der Waals surface area (Å²) >= 11 is 0. The van der Waals surface area contributed by atoms with E-state index in [1.54, 1.807) is 11.0 Å². The minimum absolute atomic E-state index is 0.188. The summed E-state index contributed by atoms with van der Waals surface area (Å²) < 4.78 is 0. The summed E-state index contributed by atoms with van der Waals surface area (Å²) in [7, 11) is 0. The van der Waals surface area contributed by atoms with Crippen molar-refractivity contribution in [2.75, 3.05) is 13.1 Å². The molecule has 1 aromatic rings. The zero-order valence-corrected chi connectivity index (χ0v) is 11.1. The predicted octanol–water partition coefficient (Wildman–Crippen LogP) is 2.77. The van der Waals surface area contributed by atoms with Gasteiger partial charge in [-0.2, -0.15) is 5.26 Å². The monoisotopic (exact) mass is 242 g/mol. The molecule has 0 aromatic heterocycles. The van der Waals surface area contributed by atoms with Crippen LogP contribution in [0.2, 0.25) is 0 Å². The SMILES string of the molecule is CCN(CC)C(=O)C(C#N)=Cc1ccccc1C. The van der Waals surface area contributed by atoms with Gasteiger partial charge in [0, 0.05) is 13.1 Å². The summed E-state index contributed by atoms with van der Waals surface area (Å²) in [4.78, 5) is 13.7. The molecule has 94 valence electrons. The van der Waals surface area contributed by atoms with Gasteiger partial charge >= 0.3 is 0 Å². The van der Waals surface area contributed by atoms with Crippen LogP contribution in [0, 0.1) is 18.3 Å². The van der Waals surface area contributed by atoms with Gasteiger partial charge in [-0.15, -0.1) is 0 Å². The van der Waals surface area contributed by atoms with Gasteiger partial charge < -0.3 is 4.90 Å². The summed E-state index contributed by atoms with van der Waals surface area (Å²) in [6.07, 6.45) is 1.66. The number of nitriles is 1. The molecule has 0 saturated carbocycles. The van der Waals surface area contributed by atoms with E-state index >= 15 is 0 Å². The van der Waals surface area contributed by atoms with Gasteiger partial charge in [0.05, 0.1) is 0 Å². The minimum Gasteiger partial charge on any atom is -0.339 e. The van der Waals surface area contributed by atoms with Crippen LogP contribution >= 0.6 is 0 Å². The fraction of sp³-hybridized carbons (Fsp3) is 0.333. The quantitative estimate of drug-likeness (QED) is 0.602. The number of carbonyl (C=O) groups excluding carboxylic acids is 1. The molecule has 0 fully saturated rings. The first-order chi connectivity index (χ1) is 8.63. The third-order valence-corrected chi connectivity index (χ3v) is 2.89. The highest BCUT2D eigenvalue weighted by Gasteiger charge is 2.15. The van der Waals surface area contributed by atoms with Crippen molar-refractivity contribution in [1.82, 2.24) is 4.90 Å². The molecule has 1 amide bonds. The number of carbonyl (C=O) groups is 1. The van der Waals surface area contributed by atoms with Crippen LogP contribution in [0.5, 0.6) is 0 Å². The van der Waals surface area contributed by atoms with Gasteiger partial charge in [-0.1, -0.05) is 24.3 Å². The maximum absolute atomic E-state index is 12.1. The second-order valence-corrected chi connectivity index (χ2v) is 4.00. The van der Waals surface area contributed by atoms with Crippen LogP contribution < -0.4 is 0 Å². The maximum atomic E-state index is 12.1. The lowest BCUT2D eigenvalue weighted by Crippen LogP contribution is -2.31. The highest BCUT2D eigenvalue weighted by Crippen LogP contribution is 2.13. The number of amides is 1. The molecule has 0 radical (unpaired) electrons. The van der Waals surface area contributed by atoms with Crippen molar-refractivity contribution < 1.29 is 4.79 Å². The molecule has 0 aliphatic heterocycles. The van der Waals surface area contributed by atoms with Crippen LogP contribution in [0.1, 0.15) is 25.0 Å². The summed E-state index contributed by atoms with van der Waals surface area (Å²) in [6, 6.07) is 9.70. The molecule has 0 unspecified atom stereocenters. The van der Waals surface area contributed by atoms with E-state index < -0.39 is 0 Å². The lowest BCUT2D eigenvalue weighted by Gasteiger charge is -2.17. The number of rotatable bonds is 4. The standard InChI is InChI=1S/C15H18N2O/c1-4-17(5-2)15(18)14(11-16)10-13-9-7-6-8-12(13)3/h6-10H,4-5H2,1-3H3. The van der Waals surface area contributed by atoms with Gasteiger partial charge in [0.15, 0.2) is 0 Å². The molecule has 0 aliphatic rings. The number of aryl methyl sites for hydroxylation is 1. The normalized spacial score (nSPS) is 10.9. The third kappa shape index (κ3) is 3.21. The molecule has 0 aliphatic carbocycles. The van der Waals surface area contributed by atoms with Gasteiger partial charge in [0.25, 0.3) is 5.91 Å². The molecule has 18 heavy (non-hydrogen) atoms. The Hall–Kier alpha value is -2.08. The smallest absolute Gasteiger partial charge is 0.264 e. The van der Waals surface area contributed by atoms with Crippen molar-refractivity contribution in [1.29, 1.82) is 5.26 Å². The van der Waals surface area contributed by atoms with Gasteiger partial charge in [-0.3, -0.25) is 4.79 Å². The minimum atomic E-state index is -0.203. The topological polar surface area (TPSA) is 44.1 Å². The third-order valence-electron chi connectivity index (χ3n) is 2.89. The lowest BCUT2D eigenvalue weighted by atomic mass is 10.1. The Balaban J connectivity index is 3.08. The van der Waals surface area contributed by atoms with Crippen molar-refractivity contribution in [3.05, 3.63) is 41.0 Å². The van der Waals surface area contributed by atoms with Gasteiger partial charge in [0.1, 0.15) is 11.6 Å². The second kappa shape index (κ2) is 6.61. The summed E-state index contributed by atoms with van der Waals surface area (Å²) in [5, 5.41) is 9.12. The molecule has 0 bridgehead atoms. The fourth-order valence-corrected chi connectivity index (χ4v) is 1.73. The average molecular weight is 242 g/mol. The Morgan fingerprint density at radius 3 is 2.44 bits per heavy atom. The van der Waals surface area contributed by atoms with E-state index in [0.29, 0.717) is 13.1 Å². The molecular weight excluding hydrogens is 224 g/mol. The van der Waals surface area contributed by atoms with Crippen molar-refractivity contribution in [3.8, 4) is 6.07 Å². The van der Waals surface area contributed by atoms with E-state index in [1.807, 2.05) is 51.1 Å². The summed E-state index contributed by atoms with van der Waals surface area (Å²) in [6.45, 7) is 7.00. The van der Waals surface area contributed by atoms with Crippen molar-refractivity contribution in [2.45, 2.75) is 20.8 Å². The lowest BCUT2D eigenvalue weighted by molar-refractivity contribution is -0.126. The number of hydrogen-bond donors (Lipinski definition) is 0. The fourth-order valence-electron chi connectivity index (χ4n) is 1.73. The molecule has 0 N–H and O–H groups in total. The van der Waals surface area contributed by atoms with E-state index in [4.69, 9.17) is 5.26 Å². The Bertz CT molecular complexity index is 493. The van der Waals surface area contributed by atoms with Crippen molar-refractivity contribution in [2.24, 2.45) is 0 Å². The van der Waals surface area contributed by atoms with E-state index in [0.717, 1.165) is 11.1 Å². The predicted molar refractivity (Wildman–Crippen MR) is 72.7 cm³/mol.